The van der Waals surface area contributed by atoms with E-state index in [1.54, 1.807) is 0 Å². The van der Waals surface area contributed by atoms with Gasteiger partial charge in [-0.05, 0) is 50.9 Å². The topological polar surface area (TPSA) is 15.3 Å². The Morgan fingerprint density at radius 2 is 2.00 bits per heavy atom. The van der Waals surface area contributed by atoms with Crippen LogP contribution in [0.1, 0.15) is 44.2 Å². The molecule has 2 rings (SSSR count). The molecule has 1 aromatic carbocycles. The van der Waals surface area contributed by atoms with Crippen LogP contribution in [0.3, 0.4) is 0 Å². The molecule has 0 aromatic heterocycles. The largest absolute Gasteiger partial charge is 0.313 e. The fourth-order valence-corrected chi connectivity index (χ4v) is 2.89. The van der Waals surface area contributed by atoms with E-state index in [0.717, 1.165) is 5.92 Å². The fraction of sp³-hybridized carbons (Fsp3) is 0.647. The van der Waals surface area contributed by atoms with Crippen molar-refractivity contribution in [2.45, 2.75) is 38.6 Å². The van der Waals surface area contributed by atoms with Crippen LogP contribution in [-0.4, -0.2) is 31.6 Å². The molecule has 1 N–H and O–H groups in total. The van der Waals surface area contributed by atoms with Crippen LogP contribution in [0.4, 0.5) is 0 Å². The lowest BCUT2D eigenvalue weighted by Gasteiger charge is -2.32. The van der Waals surface area contributed by atoms with Gasteiger partial charge in [0.25, 0.3) is 0 Å². The molecule has 0 aliphatic heterocycles. The monoisotopic (exact) mass is 260 g/mol. The molecule has 19 heavy (non-hydrogen) atoms. The highest BCUT2D eigenvalue weighted by molar-refractivity contribution is 5.18. The van der Waals surface area contributed by atoms with Gasteiger partial charge in [-0.15, -0.1) is 0 Å². The van der Waals surface area contributed by atoms with Crippen molar-refractivity contribution >= 4 is 0 Å². The molecule has 1 atom stereocenters. The molecule has 1 saturated carbocycles. The maximum atomic E-state index is 3.45. The van der Waals surface area contributed by atoms with Gasteiger partial charge < -0.3 is 10.2 Å². The number of hydrogen-bond donors (Lipinski definition) is 1. The summed E-state index contributed by atoms with van der Waals surface area (Å²) < 4.78 is 0. The van der Waals surface area contributed by atoms with Crippen molar-refractivity contribution in [3.8, 4) is 0 Å². The van der Waals surface area contributed by atoms with Gasteiger partial charge in [-0.2, -0.15) is 0 Å². The summed E-state index contributed by atoms with van der Waals surface area (Å²) in [5, 5.41) is 3.45. The zero-order valence-corrected chi connectivity index (χ0v) is 12.4. The second-order valence-electron chi connectivity index (χ2n) is 5.73. The normalized spacial score (nSPS) is 17.4. The number of nitrogens with zero attached hydrogens (tertiary/aromatic N) is 1. The summed E-state index contributed by atoms with van der Waals surface area (Å²) in [6, 6.07) is 11.3. The van der Waals surface area contributed by atoms with Gasteiger partial charge in [0, 0.05) is 12.6 Å². The molecule has 0 radical (unpaired) electrons. The minimum atomic E-state index is 0.483. The van der Waals surface area contributed by atoms with Gasteiger partial charge in [0.05, 0.1) is 0 Å². The van der Waals surface area contributed by atoms with Crippen LogP contribution in [0.15, 0.2) is 30.3 Å². The Bertz CT molecular complexity index is 346. The summed E-state index contributed by atoms with van der Waals surface area (Å²) in [6.07, 6.45) is 5.54. The molecule has 106 valence electrons. The first-order valence-corrected chi connectivity index (χ1v) is 7.78. The van der Waals surface area contributed by atoms with Crippen molar-refractivity contribution < 1.29 is 0 Å². The Labute approximate surface area is 118 Å². The summed E-state index contributed by atoms with van der Waals surface area (Å²) in [4.78, 5) is 2.62. The maximum absolute atomic E-state index is 3.45. The lowest BCUT2D eigenvalue weighted by molar-refractivity contribution is 0.178. The molecule has 0 amide bonds. The molecule has 1 aliphatic rings. The highest BCUT2D eigenvalue weighted by Crippen LogP contribution is 2.27. The van der Waals surface area contributed by atoms with Crippen molar-refractivity contribution in [3.63, 3.8) is 0 Å². The van der Waals surface area contributed by atoms with Gasteiger partial charge in [0.1, 0.15) is 0 Å². The van der Waals surface area contributed by atoms with Crippen LogP contribution in [0.2, 0.25) is 0 Å². The third kappa shape index (κ3) is 4.32. The van der Waals surface area contributed by atoms with Crippen LogP contribution in [0, 0.1) is 5.92 Å². The van der Waals surface area contributed by atoms with Gasteiger partial charge in [-0.3, -0.25) is 0 Å². The molecule has 0 spiro atoms. The second-order valence-corrected chi connectivity index (χ2v) is 5.73. The Hall–Kier alpha value is -0.860. The van der Waals surface area contributed by atoms with E-state index in [-0.39, 0.29) is 0 Å². The summed E-state index contributed by atoms with van der Waals surface area (Å²) in [5.41, 5.74) is 1.41. The number of benzene rings is 1. The Kier molecular flexibility index (Phi) is 5.87. The average molecular weight is 260 g/mol. The first-order valence-electron chi connectivity index (χ1n) is 7.78. The van der Waals surface area contributed by atoms with E-state index in [9.17, 15) is 0 Å². The van der Waals surface area contributed by atoms with E-state index in [0.29, 0.717) is 6.04 Å². The summed E-state index contributed by atoms with van der Waals surface area (Å²) in [5.74, 6) is 0.977. The van der Waals surface area contributed by atoms with Crippen molar-refractivity contribution in [2.24, 2.45) is 5.92 Å². The van der Waals surface area contributed by atoms with E-state index in [1.807, 2.05) is 0 Å². The minimum absolute atomic E-state index is 0.483. The van der Waals surface area contributed by atoms with Gasteiger partial charge in [-0.1, -0.05) is 43.7 Å². The van der Waals surface area contributed by atoms with Crippen molar-refractivity contribution in [3.05, 3.63) is 35.9 Å². The van der Waals surface area contributed by atoms with E-state index < -0.39 is 0 Å². The average Bonchev–Trinajstić information content (AvgIpc) is 2.42. The molecule has 1 aliphatic carbocycles. The Balaban J connectivity index is 1.80. The highest BCUT2D eigenvalue weighted by atomic mass is 15.1. The van der Waals surface area contributed by atoms with Crippen LogP contribution < -0.4 is 5.32 Å². The third-order valence-corrected chi connectivity index (χ3v) is 4.47. The van der Waals surface area contributed by atoms with Crippen LogP contribution in [-0.2, 0) is 0 Å². The summed E-state index contributed by atoms with van der Waals surface area (Å²) >= 11 is 0. The van der Waals surface area contributed by atoms with Crippen LogP contribution >= 0.6 is 0 Å². The molecular formula is C17H28N2. The number of hydrogen-bond acceptors (Lipinski definition) is 2. The molecule has 1 fully saturated rings. The first-order chi connectivity index (χ1) is 9.33. The molecule has 2 heteroatoms. The fourth-order valence-electron chi connectivity index (χ4n) is 2.89. The molecule has 2 nitrogen and oxygen atoms in total. The highest BCUT2D eigenvalue weighted by Gasteiger charge is 2.20. The molecule has 1 unspecified atom stereocenters. The van der Waals surface area contributed by atoms with E-state index >= 15 is 0 Å². The Morgan fingerprint density at radius 1 is 1.26 bits per heavy atom. The van der Waals surface area contributed by atoms with E-state index in [2.05, 4.69) is 54.5 Å². The summed E-state index contributed by atoms with van der Waals surface area (Å²) in [6.45, 7) is 5.98. The predicted octanol–water partition coefficient (Wildman–Crippen LogP) is 3.46. The van der Waals surface area contributed by atoms with Gasteiger partial charge in [0.15, 0.2) is 0 Å². The first kappa shape index (κ1) is 14.5. The lowest BCUT2D eigenvalue weighted by Crippen LogP contribution is -2.34. The zero-order valence-electron chi connectivity index (χ0n) is 12.4. The third-order valence-electron chi connectivity index (χ3n) is 4.47. The standard InChI is InChI=1S/C17H28N2/c1-3-19(14-15-8-7-9-15)13-12-17(18-2)16-10-5-4-6-11-16/h4-6,10-11,15,17-18H,3,7-9,12-14H2,1-2H3. The van der Waals surface area contributed by atoms with E-state index in [4.69, 9.17) is 0 Å². The molecule has 0 bridgehead atoms. The van der Waals surface area contributed by atoms with Gasteiger partial charge in [0.2, 0.25) is 0 Å². The lowest BCUT2D eigenvalue weighted by atomic mass is 9.85. The number of nitrogens with one attached hydrogen (secondary N) is 1. The quantitative estimate of drug-likeness (QED) is 0.770. The van der Waals surface area contributed by atoms with Crippen LogP contribution in [0.25, 0.3) is 0 Å². The number of rotatable bonds is 8. The minimum Gasteiger partial charge on any atom is -0.313 e. The van der Waals surface area contributed by atoms with Crippen molar-refractivity contribution in [2.75, 3.05) is 26.7 Å². The maximum Gasteiger partial charge on any atom is 0.0329 e. The van der Waals surface area contributed by atoms with Crippen molar-refractivity contribution in [1.82, 2.24) is 10.2 Å². The van der Waals surface area contributed by atoms with Crippen LogP contribution in [0.5, 0.6) is 0 Å². The SMILES string of the molecule is CCN(CCC(NC)c1ccccc1)CC1CCC1. The Morgan fingerprint density at radius 3 is 2.53 bits per heavy atom. The second kappa shape index (κ2) is 7.66. The molecular weight excluding hydrogens is 232 g/mol. The predicted molar refractivity (Wildman–Crippen MR) is 82.3 cm³/mol. The van der Waals surface area contributed by atoms with E-state index in [1.165, 1.54) is 50.9 Å². The van der Waals surface area contributed by atoms with Gasteiger partial charge >= 0.3 is 0 Å². The molecule has 1 aromatic rings. The smallest absolute Gasteiger partial charge is 0.0329 e. The molecule has 0 heterocycles. The summed E-state index contributed by atoms with van der Waals surface area (Å²) in [7, 11) is 2.07. The van der Waals surface area contributed by atoms with Gasteiger partial charge in [-0.25, -0.2) is 0 Å². The molecule has 0 saturated heterocycles. The zero-order chi connectivity index (χ0) is 13.5. The van der Waals surface area contributed by atoms with Crippen molar-refractivity contribution in [1.29, 1.82) is 0 Å².